The predicted octanol–water partition coefficient (Wildman–Crippen LogP) is 4.23. The zero-order chi connectivity index (χ0) is 35.5. The number of anilines is 2. The number of fused-ring (bicyclic) bond motifs is 3. The third kappa shape index (κ3) is 5.56. The molecule has 0 radical (unpaired) electrons. The van der Waals surface area contributed by atoms with Crippen molar-refractivity contribution >= 4 is 43.3 Å². The highest BCUT2D eigenvalue weighted by molar-refractivity contribution is 6.71. The molecule has 0 aliphatic carbocycles. The highest BCUT2D eigenvalue weighted by atomic mass is 28.4. The fourth-order valence-electron chi connectivity index (χ4n) is 8.50. The number of amides is 3. The van der Waals surface area contributed by atoms with Gasteiger partial charge < -0.3 is 29.2 Å². The van der Waals surface area contributed by atoms with Gasteiger partial charge in [0.1, 0.15) is 6.61 Å². The molecule has 0 aromatic heterocycles. The van der Waals surface area contributed by atoms with Crippen LogP contribution in [0.2, 0.25) is 18.6 Å². The summed E-state index contributed by atoms with van der Waals surface area (Å²) in [5.41, 5.74) is 1.65. The molecular formula is C36H40N4O9Si. The Morgan fingerprint density at radius 1 is 1.08 bits per heavy atom. The van der Waals surface area contributed by atoms with E-state index < -0.39 is 54.4 Å². The quantitative estimate of drug-likeness (QED) is 0.199. The van der Waals surface area contributed by atoms with E-state index in [1.54, 1.807) is 42.3 Å². The summed E-state index contributed by atoms with van der Waals surface area (Å²) < 4.78 is 11.9. The Balaban J connectivity index is 1.25. The lowest BCUT2D eigenvalue weighted by molar-refractivity contribution is -0.385. The first kappa shape index (κ1) is 33.8. The molecule has 3 aromatic rings. The topological polar surface area (TPSA) is 163 Å². The Morgan fingerprint density at radius 2 is 1.84 bits per heavy atom. The van der Waals surface area contributed by atoms with E-state index in [9.17, 15) is 34.4 Å². The van der Waals surface area contributed by atoms with Crippen molar-refractivity contribution < 1.29 is 38.7 Å². The van der Waals surface area contributed by atoms with E-state index in [-0.39, 0.29) is 37.8 Å². The van der Waals surface area contributed by atoms with Crippen molar-refractivity contribution in [3.63, 3.8) is 0 Å². The van der Waals surface area contributed by atoms with Gasteiger partial charge in [0.2, 0.25) is 5.91 Å². The lowest BCUT2D eigenvalue weighted by Gasteiger charge is -2.37. The molecule has 3 amide bonds. The molecule has 5 atom stereocenters. The Kier molecular flexibility index (Phi) is 8.53. The van der Waals surface area contributed by atoms with Gasteiger partial charge in [0.05, 0.1) is 48.9 Å². The van der Waals surface area contributed by atoms with Crippen molar-refractivity contribution in [2.75, 3.05) is 29.6 Å². The lowest BCUT2D eigenvalue weighted by Crippen LogP contribution is -2.48. The third-order valence-corrected chi connectivity index (χ3v) is 13.3. The van der Waals surface area contributed by atoms with Crippen LogP contribution in [0, 0.1) is 16.0 Å². The summed E-state index contributed by atoms with van der Waals surface area (Å²) in [5, 5.41) is 22.3. The summed E-state index contributed by atoms with van der Waals surface area (Å²) in [4.78, 5) is 69.1. The average molecular weight is 701 g/mol. The number of nitro groups is 1. The number of nitrogens with zero attached hydrogens (tertiary/aromatic N) is 4. The Hall–Kier alpha value is -4.63. The number of hydrogen-bond acceptors (Lipinski definition) is 9. The van der Waals surface area contributed by atoms with Crippen molar-refractivity contribution in [3.8, 4) is 0 Å². The summed E-state index contributed by atoms with van der Waals surface area (Å²) in [6, 6.07) is 18.8. The molecule has 1 spiro atoms. The molecule has 0 saturated carbocycles. The van der Waals surface area contributed by atoms with Gasteiger partial charge in [0, 0.05) is 41.4 Å². The van der Waals surface area contributed by atoms with Crippen LogP contribution >= 0.6 is 0 Å². The van der Waals surface area contributed by atoms with E-state index in [2.05, 4.69) is 0 Å². The molecule has 0 bridgehead atoms. The number of rotatable bonds is 8. The minimum absolute atomic E-state index is 0.0811. The van der Waals surface area contributed by atoms with E-state index in [0.717, 1.165) is 11.1 Å². The van der Waals surface area contributed by atoms with Crippen molar-refractivity contribution in [3.05, 3.63) is 99.1 Å². The van der Waals surface area contributed by atoms with Gasteiger partial charge >= 0.3 is 6.09 Å². The lowest BCUT2D eigenvalue weighted by atomic mass is 9.82. The maximum absolute atomic E-state index is 14.9. The summed E-state index contributed by atoms with van der Waals surface area (Å²) in [6.07, 6.45) is -0.969. The molecule has 4 aliphatic heterocycles. The van der Waals surface area contributed by atoms with Gasteiger partial charge in [-0.15, -0.1) is 0 Å². The summed E-state index contributed by atoms with van der Waals surface area (Å²) in [6.45, 7) is 6.17. The molecule has 0 unspecified atom stereocenters. The zero-order valence-corrected chi connectivity index (χ0v) is 29.2. The van der Waals surface area contributed by atoms with Gasteiger partial charge in [-0.3, -0.25) is 24.6 Å². The number of nitro benzene ring substituents is 1. The molecule has 7 rings (SSSR count). The molecule has 2 fully saturated rings. The number of hydrogen-bond donors (Lipinski definition) is 2. The van der Waals surface area contributed by atoms with Crippen LogP contribution in [0.25, 0.3) is 0 Å². The molecule has 2 N–H and O–H groups in total. The molecule has 14 heteroatoms. The Bertz CT molecular complexity index is 1880. The van der Waals surface area contributed by atoms with Crippen molar-refractivity contribution in [1.82, 2.24) is 4.90 Å². The Morgan fingerprint density at radius 3 is 2.52 bits per heavy atom. The van der Waals surface area contributed by atoms with Crippen LogP contribution < -0.4 is 9.80 Å². The van der Waals surface area contributed by atoms with E-state index in [4.69, 9.17) is 9.47 Å². The van der Waals surface area contributed by atoms with Crippen molar-refractivity contribution in [2.45, 2.75) is 69.2 Å². The number of ether oxygens (including phenoxy) is 2. The maximum Gasteiger partial charge on any atom is 0.414 e. The Labute approximate surface area is 290 Å². The molecule has 50 heavy (non-hydrogen) atoms. The zero-order valence-electron chi connectivity index (χ0n) is 28.2. The maximum atomic E-state index is 14.9. The number of aliphatic hydroxyl groups excluding tert-OH is 1. The van der Waals surface area contributed by atoms with E-state index in [1.807, 2.05) is 37.3 Å². The second-order valence-electron chi connectivity index (χ2n) is 14.2. The monoisotopic (exact) mass is 700 g/mol. The van der Waals surface area contributed by atoms with E-state index >= 15 is 0 Å². The standard InChI is InChI=1S/C36H40N4O9Si/c1-22-33(50(2,3)47)31(18-32(42)38-20-25-9-5-4-8-24(25)16-28(38)21-41)49-36(22)29-17-27(40(45)46)11-12-30(29)39(34(36)43)19-23-7-6-10-26(15-23)37-13-14-48-35(37)44/h4-12,15,17,22,28,31,33,41,47H,13-14,16,18-21H2,1-3H3/t22-,28+,31+,33-,36+/m1/s1. The molecule has 4 heterocycles. The number of carbonyl (C=O) groups is 3. The van der Waals surface area contributed by atoms with Crippen molar-refractivity contribution in [1.29, 1.82) is 0 Å². The average Bonchev–Trinajstić information content (AvgIpc) is 3.72. The van der Waals surface area contributed by atoms with Crippen LogP contribution in [-0.2, 0) is 44.2 Å². The summed E-state index contributed by atoms with van der Waals surface area (Å²) >= 11 is 0. The second kappa shape index (κ2) is 12.6. The SMILES string of the molecule is C[C@@H]1[C@@H]([Si](C)(C)O)[C@H](CC(=O)N2Cc3ccccc3C[C@H]2CO)O[C@@]12C(=O)N(Cc1cccc(N3CCOC3=O)c1)c1ccc([N+](=O)[O-])cc12. The summed E-state index contributed by atoms with van der Waals surface area (Å²) in [7, 11) is -3.15. The van der Waals surface area contributed by atoms with Crippen LogP contribution in [0.1, 0.15) is 35.6 Å². The van der Waals surface area contributed by atoms with Crippen molar-refractivity contribution in [2.24, 2.45) is 5.92 Å². The number of cyclic esters (lactones) is 1. The minimum atomic E-state index is -3.15. The third-order valence-electron chi connectivity index (χ3n) is 10.8. The number of carbonyl (C=O) groups excluding carboxylic acids is 3. The van der Waals surface area contributed by atoms with Crippen LogP contribution in [0.3, 0.4) is 0 Å². The molecular weight excluding hydrogens is 661 g/mol. The van der Waals surface area contributed by atoms with E-state index in [0.29, 0.717) is 42.0 Å². The van der Waals surface area contributed by atoms with Crippen LogP contribution in [-0.4, -0.2) is 77.9 Å². The van der Waals surface area contributed by atoms with Gasteiger partial charge in [0.15, 0.2) is 13.9 Å². The second-order valence-corrected chi connectivity index (χ2v) is 18.2. The van der Waals surface area contributed by atoms with Crippen LogP contribution in [0.4, 0.5) is 21.9 Å². The highest BCUT2D eigenvalue weighted by Gasteiger charge is 2.66. The van der Waals surface area contributed by atoms with Gasteiger partial charge in [0.25, 0.3) is 11.6 Å². The smallest absolute Gasteiger partial charge is 0.414 e. The molecule has 262 valence electrons. The first-order valence-electron chi connectivity index (χ1n) is 16.8. The molecule has 4 aliphatic rings. The molecule has 2 saturated heterocycles. The number of aliphatic hydroxyl groups is 1. The minimum Gasteiger partial charge on any atom is -0.447 e. The van der Waals surface area contributed by atoms with Gasteiger partial charge in [-0.25, -0.2) is 4.79 Å². The number of benzene rings is 3. The first-order valence-corrected chi connectivity index (χ1v) is 19.9. The van der Waals surface area contributed by atoms with Crippen LogP contribution in [0.15, 0.2) is 66.7 Å². The first-order chi connectivity index (χ1) is 23.8. The number of non-ortho nitro benzene ring substituents is 1. The summed E-state index contributed by atoms with van der Waals surface area (Å²) in [5.74, 6) is -1.36. The molecule has 13 nitrogen and oxygen atoms in total. The van der Waals surface area contributed by atoms with E-state index in [1.165, 1.54) is 21.9 Å². The van der Waals surface area contributed by atoms with Gasteiger partial charge in [-0.05, 0) is 54.4 Å². The predicted molar refractivity (Wildman–Crippen MR) is 185 cm³/mol. The normalized spacial score (nSPS) is 26.0. The molecule has 3 aromatic carbocycles. The van der Waals surface area contributed by atoms with Crippen LogP contribution in [0.5, 0.6) is 0 Å². The van der Waals surface area contributed by atoms with Gasteiger partial charge in [-0.2, -0.15) is 0 Å². The fraction of sp³-hybridized carbons (Fsp3) is 0.417. The fourth-order valence-corrected chi connectivity index (χ4v) is 11.1. The highest BCUT2D eigenvalue weighted by Crippen LogP contribution is 2.60. The van der Waals surface area contributed by atoms with Gasteiger partial charge in [-0.1, -0.05) is 43.3 Å². The largest absolute Gasteiger partial charge is 0.447 e.